The highest BCUT2D eigenvalue weighted by Gasteiger charge is 2.54. The Morgan fingerprint density at radius 2 is 1.79 bits per heavy atom. The van der Waals surface area contributed by atoms with Crippen LogP contribution in [0, 0.1) is 12.7 Å². The molecule has 0 radical (unpaired) electrons. The molecule has 0 saturated carbocycles. The normalized spacial score (nSPS) is 18.4. The van der Waals surface area contributed by atoms with Gasteiger partial charge in [0.05, 0.1) is 24.4 Å². The van der Waals surface area contributed by atoms with Crippen LogP contribution < -0.4 is 5.32 Å². The van der Waals surface area contributed by atoms with Crippen LogP contribution in [-0.4, -0.2) is 64.0 Å². The van der Waals surface area contributed by atoms with Crippen molar-refractivity contribution < 1.29 is 23.5 Å². The third-order valence-electron chi connectivity index (χ3n) is 7.15. The first-order valence-corrected chi connectivity index (χ1v) is 12.6. The van der Waals surface area contributed by atoms with Gasteiger partial charge < -0.3 is 15.0 Å². The molecule has 38 heavy (non-hydrogen) atoms. The molecule has 3 heterocycles. The number of hydrogen-bond donors (Lipinski definition) is 1. The molecule has 196 valence electrons. The molecule has 3 aromatic rings. The molecule has 2 aliphatic heterocycles. The van der Waals surface area contributed by atoms with Crippen LogP contribution in [0.4, 0.5) is 4.39 Å². The Morgan fingerprint density at radius 3 is 2.50 bits per heavy atom. The number of carbonyl (C=O) groups is 3. The maximum atomic E-state index is 14.2. The summed E-state index contributed by atoms with van der Waals surface area (Å²) < 4.78 is 20.5. The number of ether oxygens (including phenoxy) is 1. The van der Waals surface area contributed by atoms with Gasteiger partial charge in [-0.05, 0) is 43.3 Å². The number of aryl methyl sites for hydroxylation is 1. The molecule has 5 rings (SSSR count). The maximum absolute atomic E-state index is 14.2. The minimum atomic E-state index is -1.06. The molecule has 1 spiro atoms. The van der Waals surface area contributed by atoms with Gasteiger partial charge in [0, 0.05) is 37.7 Å². The van der Waals surface area contributed by atoms with Crippen LogP contribution in [0.1, 0.15) is 44.8 Å². The zero-order valence-electron chi connectivity index (χ0n) is 21.1. The third kappa shape index (κ3) is 5.02. The Kier molecular flexibility index (Phi) is 7.20. The fraction of sp³-hybridized carbons (Fsp3) is 0.310. The zero-order chi connectivity index (χ0) is 26.7. The molecule has 1 atom stereocenters. The van der Waals surface area contributed by atoms with Crippen LogP contribution in [0.3, 0.4) is 0 Å². The molecule has 1 N–H and O–H groups in total. The number of nitrogens with one attached hydrogen (secondary N) is 1. The Hall–Kier alpha value is -4.11. The lowest BCUT2D eigenvalue weighted by Crippen LogP contribution is -2.59. The van der Waals surface area contributed by atoms with E-state index in [0.717, 1.165) is 5.56 Å². The van der Waals surface area contributed by atoms with Gasteiger partial charge >= 0.3 is 0 Å². The SMILES string of the molecule is Cc1cccc(C(=O)N2[C@H](C(=O)NCc3ccccn3)COC23CCN(C(=O)c2ccccc2F)CC3)c1. The molecule has 2 aliphatic rings. The van der Waals surface area contributed by atoms with Crippen LogP contribution in [0.5, 0.6) is 0 Å². The summed E-state index contributed by atoms with van der Waals surface area (Å²) in [6, 6.07) is 17.7. The highest BCUT2D eigenvalue weighted by atomic mass is 19.1. The summed E-state index contributed by atoms with van der Waals surface area (Å²) >= 11 is 0. The molecule has 9 heteroatoms. The van der Waals surface area contributed by atoms with Gasteiger partial charge in [-0.2, -0.15) is 0 Å². The van der Waals surface area contributed by atoms with Crippen molar-refractivity contribution in [3.8, 4) is 0 Å². The average Bonchev–Trinajstić information content (AvgIpc) is 3.30. The van der Waals surface area contributed by atoms with E-state index in [1.807, 2.05) is 25.1 Å². The fourth-order valence-electron chi connectivity index (χ4n) is 5.15. The summed E-state index contributed by atoms with van der Waals surface area (Å²) in [7, 11) is 0. The van der Waals surface area contributed by atoms with Gasteiger partial charge in [-0.15, -0.1) is 0 Å². The van der Waals surface area contributed by atoms with Crippen molar-refractivity contribution in [1.82, 2.24) is 20.1 Å². The maximum Gasteiger partial charge on any atom is 0.256 e. The number of likely N-dealkylation sites (tertiary alicyclic amines) is 1. The van der Waals surface area contributed by atoms with Crippen molar-refractivity contribution in [2.45, 2.75) is 38.1 Å². The van der Waals surface area contributed by atoms with Crippen molar-refractivity contribution >= 4 is 17.7 Å². The first kappa shape index (κ1) is 25.5. The quantitative estimate of drug-likeness (QED) is 0.562. The van der Waals surface area contributed by atoms with Gasteiger partial charge in [-0.25, -0.2) is 4.39 Å². The summed E-state index contributed by atoms with van der Waals surface area (Å²) in [6.45, 7) is 2.67. The highest BCUT2D eigenvalue weighted by Crippen LogP contribution is 2.39. The number of benzene rings is 2. The van der Waals surface area contributed by atoms with Crippen molar-refractivity contribution in [2.75, 3.05) is 19.7 Å². The topological polar surface area (TPSA) is 91.8 Å². The van der Waals surface area contributed by atoms with E-state index < -0.39 is 23.5 Å². The standard InChI is InChI=1S/C29H29FN4O4/c1-20-7-6-8-21(17-20)27(36)34-25(26(35)32-18-22-9-4-5-14-31-22)19-38-29(34)12-15-33(16-13-29)28(37)23-10-2-3-11-24(23)30/h2-11,14,17,25H,12-13,15-16,18-19H2,1H3,(H,32,35)/t25-/m0/s1. The molecule has 0 unspecified atom stereocenters. The van der Waals surface area contributed by atoms with E-state index in [1.165, 1.54) is 18.2 Å². The minimum absolute atomic E-state index is 0.00950. The summed E-state index contributed by atoms with van der Waals surface area (Å²) in [5, 5.41) is 2.88. The molecule has 3 amide bonds. The lowest BCUT2D eigenvalue weighted by Gasteiger charge is -2.44. The van der Waals surface area contributed by atoms with Gasteiger partial charge in [-0.1, -0.05) is 35.9 Å². The van der Waals surface area contributed by atoms with E-state index in [4.69, 9.17) is 4.74 Å². The first-order chi connectivity index (χ1) is 18.4. The number of aromatic nitrogens is 1. The number of piperidine rings is 1. The van der Waals surface area contributed by atoms with Crippen LogP contribution in [-0.2, 0) is 16.1 Å². The predicted molar refractivity (Wildman–Crippen MR) is 137 cm³/mol. The van der Waals surface area contributed by atoms with Gasteiger partial charge in [0.2, 0.25) is 5.91 Å². The third-order valence-corrected chi connectivity index (χ3v) is 7.15. The molecule has 8 nitrogen and oxygen atoms in total. The number of pyridine rings is 1. The monoisotopic (exact) mass is 516 g/mol. The van der Waals surface area contributed by atoms with E-state index in [2.05, 4.69) is 10.3 Å². The molecule has 2 fully saturated rings. The summed E-state index contributed by atoms with van der Waals surface area (Å²) in [6.07, 6.45) is 2.25. The smallest absolute Gasteiger partial charge is 0.256 e. The first-order valence-electron chi connectivity index (χ1n) is 12.6. The minimum Gasteiger partial charge on any atom is -0.353 e. The number of halogens is 1. The molecule has 1 aromatic heterocycles. The van der Waals surface area contributed by atoms with Crippen molar-refractivity contribution in [2.24, 2.45) is 0 Å². The van der Waals surface area contributed by atoms with Crippen LogP contribution in [0.2, 0.25) is 0 Å². The fourth-order valence-corrected chi connectivity index (χ4v) is 5.15. The zero-order valence-corrected chi connectivity index (χ0v) is 21.1. The van der Waals surface area contributed by atoms with Crippen molar-refractivity contribution in [3.05, 3.63) is 101 Å². The molecular weight excluding hydrogens is 487 g/mol. The Bertz CT molecular complexity index is 1340. The number of rotatable bonds is 5. The molecular formula is C29H29FN4O4. The van der Waals surface area contributed by atoms with E-state index in [-0.39, 0.29) is 43.6 Å². The van der Waals surface area contributed by atoms with E-state index in [9.17, 15) is 18.8 Å². The Balaban J connectivity index is 1.37. The molecule has 0 bridgehead atoms. The van der Waals surface area contributed by atoms with E-state index in [1.54, 1.807) is 46.3 Å². The van der Waals surface area contributed by atoms with Crippen molar-refractivity contribution in [1.29, 1.82) is 0 Å². The van der Waals surface area contributed by atoms with Crippen LogP contribution >= 0.6 is 0 Å². The molecule has 2 aromatic carbocycles. The largest absolute Gasteiger partial charge is 0.353 e. The van der Waals surface area contributed by atoms with Gasteiger partial charge in [-0.3, -0.25) is 24.3 Å². The van der Waals surface area contributed by atoms with Gasteiger partial charge in [0.25, 0.3) is 11.8 Å². The van der Waals surface area contributed by atoms with Crippen LogP contribution in [0.15, 0.2) is 72.9 Å². The number of nitrogens with zero attached hydrogens (tertiary/aromatic N) is 3. The highest BCUT2D eigenvalue weighted by molar-refractivity contribution is 5.99. The lowest BCUT2D eigenvalue weighted by molar-refractivity contribution is -0.128. The van der Waals surface area contributed by atoms with Gasteiger partial charge in [0.1, 0.15) is 17.6 Å². The summed E-state index contributed by atoms with van der Waals surface area (Å²) in [5.41, 5.74) is 1.04. The van der Waals surface area contributed by atoms with Gasteiger partial charge in [0.15, 0.2) is 0 Å². The Labute approximate surface area is 220 Å². The number of hydrogen-bond acceptors (Lipinski definition) is 5. The summed E-state index contributed by atoms with van der Waals surface area (Å²) in [4.78, 5) is 47.5. The van der Waals surface area contributed by atoms with E-state index >= 15 is 0 Å². The second-order valence-corrected chi connectivity index (χ2v) is 9.63. The second-order valence-electron chi connectivity index (χ2n) is 9.63. The van der Waals surface area contributed by atoms with Crippen LogP contribution in [0.25, 0.3) is 0 Å². The second kappa shape index (κ2) is 10.7. The van der Waals surface area contributed by atoms with Crippen molar-refractivity contribution in [3.63, 3.8) is 0 Å². The summed E-state index contributed by atoms with van der Waals surface area (Å²) in [5.74, 6) is -1.62. The molecule has 0 aliphatic carbocycles. The number of amides is 3. The number of carbonyl (C=O) groups excluding carboxylic acids is 3. The Morgan fingerprint density at radius 1 is 1.03 bits per heavy atom. The van der Waals surface area contributed by atoms with E-state index in [0.29, 0.717) is 24.1 Å². The average molecular weight is 517 g/mol. The lowest BCUT2D eigenvalue weighted by atomic mass is 9.95. The molecule has 2 saturated heterocycles. The predicted octanol–water partition coefficient (Wildman–Crippen LogP) is 3.32.